The first-order chi connectivity index (χ1) is 7.31. The van der Waals surface area contributed by atoms with Crippen LogP contribution in [0.1, 0.15) is 30.9 Å². The van der Waals surface area contributed by atoms with Crippen molar-refractivity contribution < 1.29 is 23.0 Å². The average molecular weight is 234 g/mol. The monoisotopic (exact) mass is 234 g/mol. The van der Waals surface area contributed by atoms with Crippen LogP contribution >= 0.6 is 0 Å². The van der Waals surface area contributed by atoms with Gasteiger partial charge in [-0.05, 0) is 29.2 Å². The standard InChI is InChI=1S/C11H13F3O2/c1-7(2)9-3-8(6-15)4-10(5-9)16-11(12,13)14/h3-5,7,15H,6H2,1-2H3. The first-order valence-electron chi connectivity index (χ1n) is 4.82. The van der Waals surface area contributed by atoms with E-state index in [0.29, 0.717) is 11.1 Å². The summed E-state index contributed by atoms with van der Waals surface area (Å²) < 4.78 is 39.9. The zero-order chi connectivity index (χ0) is 12.3. The van der Waals surface area contributed by atoms with Crippen molar-refractivity contribution >= 4 is 0 Å². The third kappa shape index (κ3) is 3.73. The van der Waals surface area contributed by atoms with Crippen LogP contribution in [0.25, 0.3) is 0 Å². The molecule has 90 valence electrons. The van der Waals surface area contributed by atoms with Gasteiger partial charge in [0.25, 0.3) is 0 Å². The van der Waals surface area contributed by atoms with Crippen LogP contribution in [-0.2, 0) is 6.61 Å². The molecule has 0 aromatic heterocycles. The van der Waals surface area contributed by atoms with Gasteiger partial charge in [-0.15, -0.1) is 13.2 Å². The fraction of sp³-hybridized carbons (Fsp3) is 0.455. The molecule has 16 heavy (non-hydrogen) atoms. The van der Waals surface area contributed by atoms with Gasteiger partial charge < -0.3 is 9.84 Å². The number of alkyl halides is 3. The normalized spacial score (nSPS) is 11.9. The van der Waals surface area contributed by atoms with Crippen molar-refractivity contribution in [3.8, 4) is 5.75 Å². The van der Waals surface area contributed by atoms with Crippen LogP contribution in [0.4, 0.5) is 13.2 Å². The van der Waals surface area contributed by atoms with E-state index >= 15 is 0 Å². The number of benzene rings is 1. The van der Waals surface area contributed by atoms with E-state index in [2.05, 4.69) is 4.74 Å². The minimum atomic E-state index is -4.71. The maximum absolute atomic E-state index is 12.0. The molecule has 5 heteroatoms. The van der Waals surface area contributed by atoms with Gasteiger partial charge in [0.1, 0.15) is 5.75 Å². The molecule has 0 atom stereocenters. The highest BCUT2D eigenvalue weighted by atomic mass is 19.4. The molecule has 0 aliphatic rings. The van der Waals surface area contributed by atoms with Gasteiger partial charge in [0.05, 0.1) is 6.61 Å². The van der Waals surface area contributed by atoms with Crippen LogP contribution in [0.2, 0.25) is 0 Å². The number of aliphatic hydroxyl groups excluding tert-OH is 1. The van der Waals surface area contributed by atoms with Crippen LogP contribution in [0.3, 0.4) is 0 Å². The number of hydrogen-bond acceptors (Lipinski definition) is 2. The van der Waals surface area contributed by atoms with Gasteiger partial charge in [-0.1, -0.05) is 19.9 Å². The Morgan fingerprint density at radius 1 is 1.25 bits per heavy atom. The maximum Gasteiger partial charge on any atom is 0.573 e. The van der Waals surface area contributed by atoms with Crippen molar-refractivity contribution in [2.24, 2.45) is 0 Å². The van der Waals surface area contributed by atoms with E-state index in [1.54, 1.807) is 6.07 Å². The fourth-order valence-corrected chi connectivity index (χ4v) is 1.30. The Morgan fingerprint density at radius 3 is 2.31 bits per heavy atom. The second kappa shape index (κ2) is 4.74. The molecule has 0 saturated carbocycles. The highest BCUT2D eigenvalue weighted by molar-refractivity contribution is 5.35. The lowest BCUT2D eigenvalue weighted by atomic mass is 10.0. The molecule has 2 nitrogen and oxygen atoms in total. The van der Waals surface area contributed by atoms with E-state index in [4.69, 9.17) is 5.11 Å². The van der Waals surface area contributed by atoms with Crippen molar-refractivity contribution in [1.29, 1.82) is 0 Å². The van der Waals surface area contributed by atoms with Crippen LogP contribution < -0.4 is 4.74 Å². The maximum atomic E-state index is 12.0. The molecule has 0 amide bonds. The lowest BCUT2D eigenvalue weighted by Crippen LogP contribution is -2.17. The molecule has 0 unspecified atom stereocenters. The highest BCUT2D eigenvalue weighted by Gasteiger charge is 2.31. The van der Waals surface area contributed by atoms with E-state index in [9.17, 15) is 13.2 Å². The average Bonchev–Trinajstić information content (AvgIpc) is 2.14. The molecule has 0 heterocycles. The van der Waals surface area contributed by atoms with Crippen molar-refractivity contribution in [2.45, 2.75) is 32.7 Å². The Balaban J connectivity index is 3.04. The van der Waals surface area contributed by atoms with Crippen LogP contribution in [0.15, 0.2) is 18.2 Å². The van der Waals surface area contributed by atoms with Crippen molar-refractivity contribution in [3.63, 3.8) is 0 Å². The molecule has 1 aromatic carbocycles. The summed E-state index contributed by atoms with van der Waals surface area (Å²) in [6.07, 6.45) is -4.71. The predicted octanol–water partition coefficient (Wildman–Crippen LogP) is 3.20. The molecular weight excluding hydrogens is 221 g/mol. The van der Waals surface area contributed by atoms with Gasteiger partial charge in [-0.25, -0.2) is 0 Å². The van der Waals surface area contributed by atoms with E-state index in [1.807, 2.05) is 13.8 Å². The molecule has 0 fully saturated rings. The topological polar surface area (TPSA) is 29.5 Å². The quantitative estimate of drug-likeness (QED) is 0.870. The van der Waals surface area contributed by atoms with E-state index in [0.717, 1.165) is 0 Å². The molecule has 0 aliphatic heterocycles. The summed E-state index contributed by atoms with van der Waals surface area (Å²) in [6, 6.07) is 4.17. The minimum absolute atomic E-state index is 0.0714. The Bertz CT molecular complexity index is 359. The van der Waals surface area contributed by atoms with Gasteiger partial charge in [0.2, 0.25) is 0 Å². The number of hydrogen-bond donors (Lipinski definition) is 1. The fourth-order valence-electron chi connectivity index (χ4n) is 1.30. The van der Waals surface area contributed by atoms with Crippen LogP contribution in [0.5, 0.6) is 5.75 Å². The summed E-state index contributed by atoms with van der Waals surface area (Å²) in [5, 5.41) is 8.93. The summed E-state index contributed by atoms with van der Waals surface area (Å²) in [6.45, 7) is 3.40. The van der Waals surface area contributed by atoms with E-state index < -0.39 is 6.36 Å². The summed E-state index contributed by atoms with van der Waals surface area (Å²) >= 11 is 0. The van der Waals surface area contributed by atoms with Crippen molar-refractivity contribution in [2.75, 3.05) is 0 Å². The van der Waals surface area contributed by atoms with Gasteiger partial charge in [-0.3, -0.25) is 0 Å². The Labute approximate surface area is 91.7 Å². The lowest BCUT2D eigenvalue weighted by Gasteiger charge is -2.13. The first kappa shape index (κ1) is 12.8. The molecule has 1 N–H and O–H groups in total. The molecule has 0 aliphatic carbocycles. The van der Waals surface area contributed by atoms with E-state index in [-0.39, 0.29) is 18.3 Å². The Hall–Kier alpha value is -1.23. The number of rotatable bonds is 3. The van der Waals surface area contributed by atoms with Crippen molar-refractivity contribution in [3.05, 3.63) is 29.3 Å². The summed E-state index contributed by atoms with van der Waals surface area (Å²) in [4.78, 5) is 0. The number of aliphatic hydroxyl groups is 1. The van der Waals surface area contributed by atoms with Gasteiger partial charge in [0, 0.05) is 0 Å². The second-order valence-corrected chi connectivity index (χ2v) is 3.77. The number of ether oxygens (including phenoxy) is 1. The van der Waals surface area contributed by atoms with Crippen LogP contribution in [-0.4, -0.2) is 11.5 Å². The SMILES string of the molecule is CC(C)c1cc(CO)cc(OC(F)(F)F)c1. The van der Waals surface area contributed by atoms with Gasteiger partial charge in [-0.2, -0.15) is 0 Å². The number of halogens is 3. The van der Waals surface area contributed by atoms with Gasteiger partial charge in [0.15, 0.2) is 0 Å². The molecule has 0 radical (unpaired) electrons. The van der Waals surface area contributed by atoms with E-state index in [1.165, 1.54) is 12.1 Å². The zero-order valence-corrected chi connectivity index (χ0v) is 9.01. The predicted molar refractivity (Wildman–Crippen MR) is 53.1 cm³/mol. The van der Waals surface area contributed by atoms with Crippen LogP contribution in [0, 0.1) is 0 Å². The Kier molecular flexibility index (Phi) is 3.80. The minimum Gasteiger partial charge on any atom is -0.406 e. The third-order valence-corrected chi connectivity index (χ3v) is 2.07. The Morgan fingerprint density at radius 2 is 1.88 bits per heavy atom. The smallest absolute Gasteiger partial charge is 0.406 e. The van der Waals surface area contributed by atoms with Crippen molar-refractivity contribution in [1.82, 2.24) is 0 Å². The molecule has 0 spiro atoms. The zero-order valence-electron chi connectivity index (χ0n) is 9.01. The highest BCUT2D eigenvalue weighted by Crippen LogP contribution is 2.27. The first-order valence-corrected chi connectivity index (χ1v) is 4.82. The summed E-state index contributed by atoms with van der Waals surface area (Å²) in [7, 11) is 0. The third-order valence-electron chi connectivity index (χ3n) is 2.07. The molecule has 0 bridgehead atoms. The molecule has 0 saturated heterocycles. The summed E-state index contributed by atoms with van der Waals surface area (Å²) in [5.41, 5.74) is 1.11. The largest absolute Gasteiger partial charge is 0.573 e. The second-order valence-electron chi connectivity index (χ2n) is 3.77. The van der Waals surface area contributed by atoms with Gasteiger partial charge >= 0.3 is 6.36 Å². The molecule has 1 rings (SSSR count). The molecule has 1 aromatic rings. The summed E-state index contributed by atoms with van der Waals surface area (Å²) in [5.74, 6) is -0.218. The molecular formula is C11H13F3O2. The lowest BCUT2D eigenvalue weighted by molar-refractivity contribution is -0.274.